The minimum absolute atomic E-state index is 1.08. The molecule has 0 bridgehead atoms. The molecule has 1 rings (SSSR count). The molecule has 0 nitrogen and oxygen atoms in total. The van der Waals surface area contributed by atoms with Gasteiger partial charge in [-0.3, -0.25) is 0 Å². The summed E-state index contributed by atoms with van der Waals surface area (Å²) in [5, 5.41) is 0. The molecule has 0 amide bonds. The quantitative estimate of drug-likeness (QED) is 0.369. The van der Waals surface area contributed by atoms with Crippen LogP contribution >= 0.6 is 0 Å². The fraction of sp³-hybridized carbons (Fsp3) is 0.400. The summed E-state index contributed by atoms with van der Waals surface area (Å²) in [6.07, 6.45) is 4.24. The van der Waals surface area contributed by atoms with E-state index in [1.807, 2.05) is 6.42 Å². The van der Waals surface area contributed by atoms with Crippen LogP contribution in [0.3, 0.4) is 0 Å². The van der Waals surface area contributed by atoms with Crippen molar-refractivity contribution in [3.05, 3.63) is 6.42 Å². The zero-order valence-corrected chi connectivity index (χ0v) is 2.99. The summed E-state index contributed by atoms with van der Waals surface area (Å²) in [5.74, 6) is 5.76. The van der Waals surface area contributed by atoms with Gasteiger partial charge < -0.3 is 0 Å². The van der Waals surface area contributed by atoms with E-state index in [9.17, 15) is 0 Å². The number of rotatable bonds is 0. The molecule has 0 aromatic heterocycles. The Kier molecular flexibility index (Phi) is 0.624. The molecule has 0 aromatic rings. The average Bonchev–Trinajstić information content (AvgIpc) is 1.76. The van der Waals surface area contributed by atoms with Gasteiger partial charge in [0.15, 0.2) is 0 Å². The minimum Gasteiger partial charge on any atom is -0.103 e. The van der Waals surface area contributed by atoms with Gasteiger partial charge in [-0.05, 0) is 6.42 Å². The molecule has 0 N–H and O–H groups in total. The molecule has 0 heteroatoms. The molecule has 25 valence electrons. The van der Waals surface area contributed by atoms with Crippen molar-refractivity contribution >= 4 is 0 Å². The number of hydrogen-bond donors (Lipinski definition) is 0. The highest BCUT2D eigenvalue weighted by Gasteiger charge is 1.84. The van der Waals surface area contributed by atoms with Gasteiger partial charge in [0.1, 0.15) is 0 Å². The van der Waals surface area contributed by atoms with Crippen LogP contribution in [0.5, 0.6) is 0 Å². The van der Waals surface area contributed by atoms with Gasteiger partial charge >= 0.3 is 0 Å². The molecule has 5 heavy (non-hydrogen) atoms. The summed E-state index contributed by atoms with van der Waals surface area (Å²) in [7, 11) is 0. The Balaban J connectivity index is 2.42. The Hall–Kier alpha value is -0.440. The molecule has 0 fully saturated rings. The lowest BCUT2D eigenvalue weighted by molar-refractivity contribution is 1.08. The first-order valence-corrected chi connectivity index (χ1v) is 1.80. The van der Waals surface area contributed by atoms with E-state index in [0.717, 1.165) is 12.8 Å². The van der Waals surface area contributed by atoms with Crippen LogP contribution in [-0.2, 0) is 0 Å². The van der Waals surface area contributed by atoms with Gasteiger partial charge in [0, 0.05) is 12.8 Å². The van der Waals surface area contributed by atoms with Crippen LogP contribution in [0, 0.1) is 18.3 Å². The van der Waals surface area contributed by atoms with E-state index in [-0.39, 0.29) is 0 Å². The van der Waals surface area contributed by atoms with E-state index < -0.39 is 0 Å². The Labute approximate surface area is 32.2 Å². The molecule has 1 aliphatic carbocycles. The third-order valence-electron chi connectivity index (χ3n) is 0.618. The molecule has 0 spiro atoms. The van der Waals surface area contributed by atoms with Crippen molar-refractivity contribution in [2.24, 2.45) is 0 Å². The predicted octanol–water partition coefficient (Wildman–Crippen LogP) is 0.988. The van der Waals surface area contributed by atoms with Crippen LogP contribution in [0.25, 0.3) is 0 Å². The van der Waals surface area contributed by atoms with Crippen molar-refractivity contribution < 1.29 is 0 Å². The largest absolute Gasteiger partial charge is 0.103 e. The molecule has 0 aromatic carbocycles. The molecule has 0 aliphatic heterocycles. The highest BCUT2D eigenvalue weighted by molar-refractivity contribution is 5.16. The Bertz CT molecular complexity index is 63.8. The first-order chi connectivity index (χ1) is 2.50. The van der Waals surface area contributed by atoms with Crippen molar-refractivity contribution in [1.29, 1.82) is 0 Å². The van der Waals surface area contributed by atoms with Gasteiger partial charge in [0.05, 0.1) is 0 Å². The Morgan fingerprint density at radius 1 is 1.60 bits per heavy atom. The van der Waals surface area contributed by atoms with Crippen molar-refractivity contribution in [1.82, 2.24) is 0 Å². The lowest BCUT2D eigenvalue weighted by atomic mass is 10.4. The maximum Gasteiger partial charge on any atom is 0.0349 e. The topological polar surface area (TPSA) is 0 Å². The van der Waals surface area contributed by atoms with Gasteiger partial charge in [-0.1, -0.05) is 5.92 Å². The van der Waals surface area contributed by atoms with Crippen molar-refractivity contribution in [2.75, 3.05) is 0 Å². The van der Waals surface area contributed by atoms with Gasteiger partial charge in [0.2, 0.25) is 0 Å². The number of hydrogen-bond acceptors (Lipinski definition) is 0. The molecule has 0 atom stereocenters. The molecule has 1 radical (unpaired) electrons. The van der Waals surface area contributed by atoms with Gasteiger partial charge in [-0.15, -0.1) is 5.92 Å². The molecule has 0 unspecified atom stereocenters. The SMILES string of the molecule is C1#CCC[CH]1. The summed E-state index contributed by atoms with van der Waals surface area (Å²) in [4.78, 5) is 0. The summed E-state index contributed by atoms with van der Waals surface area (Å²) >= 11 is 0. The van der Waals surface area contributed by atoms with E-state index >= 15 is 0 Å². The maximum absolute atomic E-state index is 2.92. The molecule has 1 aliphatic rings. The minimum atomic E-state index is 1.08. The standard InChI is InChI=1S/C5H5/c1-2-4-5-3-1/h1H,2,4H2. The van der Waals surface area contributed by atoms with Crippen LogP contribution in [0.4, 0.5) is 0 Å². The monoisotopic (exact) mass is 65.0 g/mol. The van der Waals surface area contributed by atoms with Gasteiger partial charge in [-0.2, -0.15) is 0 Å². The summed E-state index contributed by atoms with van der Waals surface area (Å²) in [6, 6.07) is 0. The molecule has 0 saturated carbocycles. The zero-order valence-electron chi connectivity index (χ0n) is 2.99. The second kappa shape index (κ2) is 1.12. The van der Waals surface area contributed by atoms with E-state index in [4.69, 9.17) is 0 Å². The molecular formula is C5H5. The van der Waals surface area contributed by atoms with Crippen molar-refractivity contribution in [3.8, 4) is 11.8 Å². The van der Waals surface area contributed by atoms with Crippen LogP contribution in [0.15, 0.2) is 0 Å². The predicted molar refractivity (Wildman–Crippen MR) is 21.3 cm³/mol. The lowest BCUT2D eigenvalue weighted by Crippen LogP contribution is -1.54. The third-order valence-corrected chi connectivity index (χ3v) is 0.618. The first-order valence-electron chi connectivity index (χ1n) is 1.80. The lowest BCUT2D eigenvalue weighted by Gasteiger charge is -1.66. The molecular weight excluding hydrogens is 60.1 g/mol. The van der Waals surface area contributed by atoms with Crippen LogP contribution in [0.1, 0.15) is 12.8 Å². The average molecular weight is 65.1 g/mol. The van der Waals surface area contributed by atoms with Crippen LogP contribution < -0.4 is 0 Å². The fourth-order valence-corrected chi connectivity index (χ4v) is 0.361. The van der Waals surface area contributed by atoms with Crippen LogP contribution in [0.2, 0.25) is 0 Å². The second-order valence-corrected chi connectivity index (χ2v) is 1.06. The van der Waals surface area contributed by atoms with Gasteiger partial charge in [-0.25, -0.2) is 0 Å². The Morgan fingerprint density at radius 2 is 2.60 bits per heavy atom. The summed E-state index contributed by atoms with van der Waals surface area (Å²) < 4.78 is 0. The maximum atomic E-state index is 2.92. The summed E-state index contributed by atoms with van der Waals surface area (Å²) in [6.45, 7) is 0. The third kappa shape index (κ3) is 0.417. The second-order valence-electron chi connectivity index (χ2n) is 1.06. The molecule has 0 heterocycles. The van der Waals surface area contributed by atoms with Crippen molar-refractivity contribution in [3.63, 3.8) is 0 Å². The highest BCUT2D eigenvalue weighted by atomic mass is 13.9. The van der Waals surface area contributed by atoms with E-state index in [0.29, 0.717) is 0 Å². The van der Waals surface area contributed by atoms with Crippen LogP contribution in [-0.4, -0.2) is 0 Å². The first kappa shape index (κ1) is 2.78. The molecule has 0 saturated heterocycles. The highest BCUT2D eigenvalue weighted by Crippen LogP contribution is 1.95. The van der Waals surface area contributed by atoms with E-state index in [2.05, 4.69) is 11.8 Å². The van der Waals surface area contributed by atoms with Crippen molar-refractivity contribution in [2.45, 2.75) is 12.8 Å². The summed E-state index contributed by atoms with van der Waals surface area (Å²) in [5.41, 5.74) is 0. The normalized spacial score (nSPS) is 17.6. The van der Waals surface area contributed by atoms with Gasteiger partial charge in [0.25, 0.3) is 0 Å². The van der Waals surface area contributed by atoms with E-state index in [1.165, 1.54) is 0 Å². The fourth-order valence-electron chi connectivity index (χ4n) is 0.361. The smallest absolute Gasteiger partial charge is 0.0349 e. The Morgan fingerprint density at radius 3 is 2.80 bits per heavy atom. The zero-order chi connectivity index (χ0) is 3.54. The van der Waals surface area contributed by atoms with E-state index in [1.54, 1.807) is 0 Å².